The van der Waals surface area contributed by atoms with Gasteiger partial charge in [-0.05, 0) is 26.3 Å². The lowest BCUT2D eigenvalue weighted by molar-refractivity contribution is 0.0527. The molecule has 0 aliphatic heterocycles. The number of hydrogen-bond acceptors (Lipinski definition) is 4. The van der Waals surface area contributed by atoms with Crippen molar-refractivity contribution >= 4 is 16.9 Å². The van der Waals surface area contributed by atoms with Crippen LogP contribution in [0.25, 0.3) is 10.9 Å². The molecule has 1 aromatic heterocycles. The van der Waals surface area contributed by atoms with Crippen LogP contribution >= 0.6 is 0 Å². The smallest absolute Gasteiger partial charge is 0.339 e. The molecule has 1 heterocycles. The molecule has 0 fully saturated rings. The molecule has 0 unspecified atom stereocenters. The second-order valence-electron chi connectivity index (χ2n) is 4.50. The topological polar surface area (TPSA) is 48.4 Å². The normalized spacial score (nSPS) is 10.6. The van der Waals surface area contributed by atoms with Crippen LogP contribution in [-0.4, -0.2) is 24.2 Å². The molecule has 106 valence electrons. The molecule has 0 amide bonds. The summed E-state index contributed by atoms with van der Waals surface area (Å²) in [6.45, 7) is 6.60. The average molecular weight is 273 g/mol. The highest BCUT2D eigenvalue weighted by atomic mass is 16.5. The van der Waals surface area contributed by atoms with E-state index in [9.17, 15) is 4.79 Å². The maximum absolute atomic E-state index is 12.2. The Morgan fingerprint density at radius 2 is 2.00 bits per heavy atom. The summed E-state index contributed by atoms with van der Waals surface area (Å²) in [5, 5.41) is 0.798. The second-order valence-corrected chi connectivity index (χ2v) is 4.50. The van der Waals surface area contributed by atoms with Crippen LogP contribution in [0, 0.1) is 6.92 Å². The SMILES string of the molecule is CCCOc1nc2ccccc2c(C(=O)OCC)c1C. The Bertz CT molecular complexity index is 622. The standard InChI is InChI=1S/C16H19NO3/c1-4-10-20-15-11(3)14(16(18)19-5-2)12-8-6-7-9-13(12)17-15/h6-9H,4-5,10H2,1-3H3. The number of para-hydroxylation sites is 1. The molecule has 2 rings (SSSR count). The third kappa shape index (κ3) is 2.74. The number of nitrogens with zero attached hydrogens (tertiary/aromatic N) is 1. The maximum atomic E-state index is 12.2. The molecule has 1 aromatic carbocycles. The van der Waals surface area contributed by atoms with Crippen molar-refractivity contribution in [2.24, 2.45) is 0 Å². The van der Waals surface area contributed by atoms with Crippen LogP contribution < -0.4 is 4.74 Å². The maximum Gasteiger partial charge on any atom is 0.339 e. The van der Waals surface area contributed by atoms with Gasteiger partial charge < -0.3 is 9.47 Å². The molecule has 0 saturated heterocycles. The number of ether oxygens (including phenoxy) is 2. The van der Waals surface area contributed by atoms with Crippen LogP contribution in [0.1, 0.15) is 36.2 Å². The van der Waals surface area contributed by atoms with Gasteiger partial charge in [0.25, 0.3) is 0 Å². The molecule has 4 nitrogen and oxygen atoms in total. The van der Waals surface area contributed by atoms with Crippen LogP contribution in [-0.2, 0) is 4.74 Å². The third-order valence-electron chi connectivity index (χ3n) is 3.01. The first-order valence-corrected chi connectivity index (χ1v) is 6.88. The van der Waals surface area contributed by atoms with Gasteiger partial charge in [0.2, 0.25) is 5.88 Å². The van der Waals surface area contributed by atoms with Gasteiger partial charge in [-0.15, -0.1) is 0 Å². The van der Waals surface area contributed by atoms with Crippen molar-refractivity contribution in [3.63, 3.8) is 0 Å². The van der Waals surface area contributed by atoms with Crippen molar-refractivity contribution in [3.05, 3.63) is 35.4 Å². The molecule has 0 saturated carbocycles. The lowest BCUT2D eigenvalue weighted by atomic mass is 10.0. The minimum Gasteiger partial charge on any atom is -0.477 e. The van der Waals surface area contributed by atoms with Gasteiger partial charge in [0.1, 0.15) is 0 Å². The van der Waals surface area contributed by atoms with E-state index in [-0.39, 0.29) is 5.97 Å². The fraction of sp³-hybridized carbons (Fsp3) is 0.375. The summed E-state index contributed by atoms with van der Waals surface area (Å²) in [7, 11) is 0. The number of benzene rings is 1. The van der Waals surface area contributed by atoms with E-state index in [1.54, 1.807) is 6.92 Å². The number of esters is 1. The number of rotatable bonds is 5. The van der Waals surface area contributed by atoms with E-state index in [0.29, 0.717) is 24.7 Å². The molecule has 0 spiro atoms. The minimum absolute atomic E-state index is 0.329. The van der Waals surface area contributed by atoms with Gasteiger partial charge in [0.15, 0.2) is 0 Å². The molecule has 4 heteroatoms. The highest BCUT2D eigenvalue weighted by Crippen LogP contribution is 2.28. The van der Waals surface area contributed by atoms with E-state index in [4.69, 9.17) is 9.47 Å². The van der Waals surface area contributed by atoms with Crippen LogP contribution in [0.2, 0.25) is 0 Å². The molecule has 0 atom stereocenters. The number of carbonyl (C=O) groups excluding carboxylic acids is 1. The van der Waals surface area contributed by atoms with Crippen LogP contribution in [0.5, 0.6) is 5.88 Å². The number of carbonyl (C=O) groups is 1. The Balaban J connectivity index is 2.61. The summed E-state index contributed by atoms with van der Waals surface area (Å²) in [6, 6.07) is 7.53. The molecular weight excluding hydrogens is 254 g/mol. The molecular formula is C16H19NO3. The van der Waals surface area contributed by atoms with Crippen molar-refractivity contribution in [1.82, 2.24) is 4.98 Å². The van der Waals surface area contributed by atoms with Crippen molar-refractivity contribution in [2.45, 2.75) is 27.2 Å². The number of pyridine rings is 1. The van der Waals surface area contributed by atoms with Crippen LogP contribution in [0.15, 0.2) is 24.3 Å². The molecule has 0 N–H and O–H groups in total. The quantitative estimate of drug-likeness (QED) is 0.782. The van der Waals surface area contributed by atoms with E-state index < -0.39 is 0 Å². The highest BCUT2D eigenvalue weighted by Gasteiger charge is 2.19. The van der Waals surface area contributed by atoms with E-state index >= 15 is 0 Å². The van der Waals surface area contributed by atoms with Gasteiger partial charge in [0.05, 0.1) is 24.3 Å². The zero-order chi connectivity index (χ0) is 14.5. The van der Waals surface area contributed by atoms with Crippen LogP contribution in [0.4, 0.5) is 0 Å². The monoisotopic (exact) mass is 273 g/mol. The van der Waals surface area contributed by atoms with Crippen molar-refractivity contribution in [3.8, 4) is 5.88 Å². The summed E-state index contributed by atoms with van der Waals surface area (Å²) in [4.78, 5) is 16.7. The van der Waals surface area contributed by atoms with Gasteiger partial charge in [-0.25, -0.2) is 9.78 Å². The minimum atomic E-state index is -0.329. The Labute approximate surface area is 118 Å². The fourth-order valence-electron chi connectivity index (χ4n) is 2.09. The fourth-order valence-corrected chi connectivity index (χ4v) is 2.09. The van der Waals surface area contributed by atoms with E-state index in [0.717, 1.165) is 22.9 Å². The van der Waals surface area contributed by atoms with Gasteiger partial charge in [-0.1, -0.05) is 25.1 Å². The Hall–Kier alpha value is -2.10. The lowest BCUT2D eigenvalue weighted by Gasteiger charge is -2.13. The van der Waals surface area contributed by atoms with E-state index in [1.807, 2.05) is 38.1 Å². The van der Waals surface area contributed by atoms with E-state index in [2.05, 4.69) is 4.98 Å². The molecule has 0 bridgehead atoms. The third-order valence-corrected chi connectivity index (χ3v) is 3.01. The van der Waals surface area contributed by atoms with Crippen LogP contribution in [0.3, 0.4) is 0 Å². The summed E-state index contributed by atoms with van der Waals surface area (Å²) in [6.07, 6.45) is 0.892. The first-order chi connectivity index (χ1) is 9.69. The Morgan fingerprint density at radius 3 is 2.70 bits per heavy atom. The first kappa shape index (κ1) is 14.3. The molecule has 20 heavy (non-hydrogen) atoms. The lowest BCUT2D eigenvalue weighted by Crippen LogP contribution is -2.10. The highest BCUT2D eigenvalue weighted by molar-refractivity contribution is 6.05. The predicted molar refractivity (Wildman–Crippen MR) is 78.2 cm³/mol. The predicted octanol–water partition coefficient (Wildman–Crippen LogP) is 3.51. The zero-order valence-corrected chi connectivity index (χ0v) is 12.1. The van der Waals surface area contributed by atoms with Crippen molar-refractivity contribution in [1.29, 1.82) is 0 Å². The van der Waals surface area contributed by atoms with Crippen molar-refractivity contribution in [2.75, 3.05) is 13.2 Å². The molecule has 0 aliphatic rings. The second kappa shape index (κ2) is 6.37. The van der Waals surface area contributed by atoms with E-state index in [1.165, 1.54) is 0 Å². The molecule has 2 aromatic rings. The number of aromatic nitrogens is 1. The summed E-state index contributed by atoms with van der Waals surface area (Å²) in [5.41, 5.74) is 2.02. The zero-order valence-electron chi connectivity index (χ0n) is 12.1. The summed E-state index contributed by atoms with van der Waals surface area (Å²) in [5.74, 6) is 0.179. The van der Waals surface area contributed by atoms with Gasteiger partial charge in [0, 0.05) is 10.9 Å². The Morgan fingerprint density at radius 1 is 1.25 bits per heavy atom. The Kier molecular flexibility index (Phi) is 4.56. The molecule has 0 radical (unpaired) electrons. The first-order valence-electron chi connectivity index (χ1n) is 6.88. The summed E-state index contributed by atoms with van der Waals surface area (Å²) >= 11 is 0. The van der Waals surface area contributed by atoms with Gasteiger partial charge >= 0.3 is 5.97 Å². The van der Waals surface area contributed by atoms with Gasteiger partial charge in [-0.2, -0.15) is 0 Å². The summed E-state index contributed by atoms with van der Waals surface area (Å²) < 4.78 is 10.8. The average Bonchev–Trinajstić information content (AvgIpc) is 2.45. The van der Waals surface area contributed by atoms with Crippen molar-refractivity contribution < 1.29 is 14.3 Å². The number of fused-ring (bicyclic) bond motifs is 1. The number of hydrogen-bond donors (Lipinski definition) is 0. The van der Waals surface area contributed by atoms with Gasteiger partial charge in [-0.3, -0.25) is 0 Å². The molecule has 0 aliphatic carbocycles. The largest absolute Gasteiger partial charge is 0.477 e.